The number of halogens is 1. The van der Waals surface area contributed by atoms with E-state index in [9.17, 15) is 0 Å². The van der Waals surface area contributed by atoms with E-state index in [0.717, 1.165) is 30.5 Å². The summed E-state index contributed by atoms with van der Waals surface area (Å²) in [6.07, 6.45) is 2.22. The molecule has 0 saturated carbocycles. The van der Waals surface area contributed by atoms with Gasteiger partial charge in [0.1, 0.15) is 0 Å². The monoisotopic (exact) mass is 269 g/mol. The minimum Gasteiger partial charge on any atom is -0.379 e. The van der Waals surface area contributed by atoms with Gasteiger partial charge in [-0.15, -0.1) is 0 Å². The average Bonchev–Trinajstić information content (AvgIpc) is 2.63. The molecule has 15 heavy (non-hydrogen) atoms. The normalized spacial score (nSPS) is 25.7. The molecular weight excluding hydrogens is 254 g/mol. The van der Waals surface area contributed by atoms with Crippen molar-refractivity contribution in [2.45, 2.75) is 18.9 Å². The first-order chi connectivity index (χ1) is 7.25. The highest BCUT2D eigenvalue weighted by molar-refractivity contribution is 9.10. The second kappa shape index (κ2) is 5.10. The van der Waals surface area contributed by atoms with Crippen molar-refractivity contribution in [2.24, 2.45) is 11.7 Å². The fraction of sp³-hybridized carbons (Fsp3) is 0.500. The lowest BCUT2D eigenvalue weighted by Crippen LogP contribution is -2.28. The number of ether oxygens (including phenoxy) is 1. The number of hydrogen-bond acceptors (Lipinski definition) is 2. The van der Waals surface area contributed by atoms with E-state index in [1.165, 1.54) is 5.56 Å². The van der Waals surface area contributed by atoms with Crippen LogP contribution in [0.2, 0.25) is 0 Å². The lowest BCUT2D eigenvalue weighted by Gasteiger charge is -2.12. The molecule has 2 nitrogen and oxygen atoms in total. The Morgan fingerprint density at radius 2 is 2.00 bits per heavy atom. The molecule has 82 valence electrons. The molecule has 2 unspecified atom stereocenters. The lowest BCUT2D eigenvalue weighted by molar-refractivity contribution is 0.183. The van der Waals surface area contributed by atoms with Gasteiger partial charge in [0.15, 0.2) is 0 Å². The summed E-state index contributed by atoms with van der Waals surface area (Å²) in [4.78, 5) is 0. The van der Waals surface area contributed by atoms with Crippen LogP contribution in [0.3, 0.4) is 0 Å². The van der Waals surface area contributed by atoms with E-state index in [-0.39, 0.29) is 6.04 Å². The summed E-state index contributed by atoms with van der Waals surface area (Å²) in [6.45, 7) is 1.56. The lowest BCUT2D eigenvalue weighted by atomic mass is 9.96. The van der Waals surface area contributed by atoms with E-state index in [1.807, 2.05) is 0 Å². The number of benzene rings is 1. The third-order valence-corrected chi connectivity index (χ3v) is 3.49. The molecule has 3 heteroatoms. The maximum Gasteiger partial charge on any atom is 0.0621 e. The molecule has 0 amide bonds. The van der Waals surface area contributed by atoms with Crippen LogP contribution in [0.25, 0.3) is 0 Å². The second-order valence-corrected chi connectivity index (χ2v) is 5.04. The number of aryl methyl sites for hydroxylation is 1. The Morgan fingerprint density at radius 1 is 1.27 bits per heavy atom. The highest BCUT2D eigenvalue weighted by Crippen LogP contribution is 2.19. The first-order valence-electron chi connectivity index (χ1n) is 5.33. The third-order valence-electron chi connectivity index (χ3n) is 2.96. The Bertz CT molecular complexity index is 312. The molecule has 0 aromatic heterocycles. The standard InChI is InChI=1S/C12H16BrNO/c13-11-5-2-9(3-6-11)1-4-10-7-15-8-12(10)14/h2-3,5-6,10,12H,1,4,7-8,14H2. The van der Waals surface area contributed by atoms with Crippen LogP contribution in [0, 0.1) is 5.92 Å². The molecule has 1 aromatic carbocycles. The first-order valence-corrected chi connectivity index (χ1v) is 6.13. The van der Waals surface area contributed by atoms with Gasteiger partial charge in [-0.3, -0.25) is 0 Å². The molecule has 1 aliphatic heterocycles. The molecule has 2 atom stereocenters. The summed E-state index contributed by atoms with van der Waals surface area (Å²) in [5.74, 6) is 0.536. The molecule has 1 fully saturated rings. The quantitative estimate of drug-likeness (QED) is 0.915. The van der Waals surface area contributed by atoms with E-state index in [2.05, 4.69) is 40.2 Å². The summed E-state index contributed by atoms with van der Waals surface area (Å²) >= 11 is 3.43. The van der Waals surface area contributed by atoms with Crippen molar-refractivity contribution in [3.8, 4) is 0 Å². The summed E-state index contributed by atoms with van der Waals surface area (Å²) in [7, 11) is 0. The molecule has 1 aromatic rings. The SMILES string of the molecule is NC1COCC1CCc1ccc(Br)cc1. The minimum atomic E-state index is 0.237. The number of nitrogens with two attached hydrogens (primary N) is 1. The maximum absolute atomic E-state index is 5.93. The van der Waals surface area contributed by atoms with Gasteiger partial charge < -0.3 is 10.5 Å². The van der Waals surface area contributed by atoms with Gasteiger partial charge in [-0.2, -0.15) is 0 Å². The van der Waals surface area contributed by atoms with Crippen LogP contribution in [0.15, 0.2) is 28.7 Å². The molecule has 1 saturated heterocycles. The fourth-order valence-corrected chi connectivity index (χ4v) is 2.18. The smallest absolute Gasteiger partial charge is 0.0621 e. The maximum atomic E-state index is 5.93. The van der Waals surface area contributed by atoms with Gasteiger partial charge in [-0.25, -0.2) is 0 Å². The van der Waals surface area contributed by atoms with Gasteiger partial charge in [0.2, 0.25) is 0 Å². The molecule has 2 rings (SSSR count). The van der Waals surface area contributed by atoms with Crippen LogP contribution < -0.4 is 5.73 Å². The Balaban J connectivity index is 1.85. The molecule has 1 aliphatic rings. The molecule has 2 N–H and O–H groups in total. The van der Waals surface area contributed by atoms with E-state index in [0.29, 0.717) is 5.92 Å². The molecule has 0 radical (unpaired) electrons. The largest absolute Gasteiger partial charge is 0.379 e. The first kappa shape index (κ1) is 11.1. The van der Waals surface area contributed by atoms with Crippen LogP contribution in [0.5, 0.6) is 0 Å². The van der Waals surface area contributed by atoms with Crippen LogP contribution in [-0.4, -0.2) is 19.3 Å². The molecule has 0 bridgehead atoms. The second-order valence-electron chi connectivity index (χ2n) is 4.13. The van der Waals surface area contributed by atoms with E-state index in [1.54, 1.807) is 0 Å². The van der Waals surface area contributed by atoms with E-state index >= 15 is 0 Å². The summed E-state index contributed by atoms with van der Waals surface area (Å²) in [6, 6.07) is 8.72. The summed E-state index contributed by atoms with van der Waals surface area (Å²) < 4.78 is 6.48. The zero-order valence-electron chi connectivity index (χ0n) is 8.66. The zero-order valence-corrected chi connectivity index (χ0v) is 10.2. The summed E-state index contributed by atoms with van der Waals surface area (Å²) in [5.41, 5.74) is 7.31. The topological polar surface area (TPSA) is 35.2 Å². The Hall–Kier alpha value is -0.380. The van der Waals surface area contributed by atoms with Crippen molar-refractivity contribution in [1.82, 2.24) is 0 Å². The van der Waals surface area contributed by atoms with Crippen molar-refractivity contribution in [3.05, 3.63) is 34.3 Å². The number of hydrogen-bond donors (Lipinski definition) is 1. The Morgan fingerprint density at radius 3 is 2.60 bits per heavy atom. The van der Waals surface area contributed by atoms with Gasteiger partial charge in [0.05, 0.1) is 13.2 Å². The van der Waals surface area contributed by atoms with Crippen LogP contribution >= 0.6 is 15.9 Å². The van der Waals surface area contributed by atoms with Crippen LogP contribution in [0.4, 0.5) is 0 Å². The van der Waals surface area contributed by atoms with Gasteiger partial charge in [-0.1, -0.05) is 28.1 Å². The molecule has 0 spiro atoms. The van der Waals surface area contributed by atoms with Crippen molar-refractivity contribution in [1.29, 1.82) is 0 Å². The summed E-state index contributed by atoms with van der Waals surface area (Å²) in [5, 5.41) is 0. The molecule has 1 heterocycles. The zero-order chi connectivity index (χ0) is 10.7. The van der Waals surface area contributed by atoms with Crippen molar-refractivity contribution in [2.75, 3.05) is 13.2 Å². The average molecular weight is 270 g/mol. The fourth-order valence-electron chi connectivity index (χ4n) is 1.92. The molecular formula is C12H16BrNO. The number of rotatable bonds is 3. The van der Waals surface area contributed by atoms with Gasteiger partial charge >= 0.3 is 0 Å². The van der Waals surface area contributed by atoms with E-state index in [4.69, 9.17) is 10.5 Å². The predicted octanol–water partition coefficient (Wildman–Crippen LogP) is 2.36. The third kappa shape index (κ3) is 3.03. The van der Waals surface area contributed by atoms with Gasteiger partial charge in [0.25, 0.3) is 0 Å². The predicted molar refractivity (Wildman–Crippen MR) is 64.7 cm³/mol. The van der Waals surface area contributed by atoms with Crippen LogP contribution in [-0.2, 0) is 11.2 Å². The highest BCUT2D eigenvalue weighted by Gasteiger charge is 2.24. The van der Waals surface area contributed by atoms with E-state index < -0.39 is 0 Å². The Kier molecular flexibility index (Phi) is 3.78. The molecule has 0 aliphatic carbocycles. The Labute approximate surface area is 98.9 Å². The van der Waals surface area contributed by atoms with Gasteiger partial charge in [-0.05, 0) is 36.5 Å². The highest BCUT2D eigenvalue weighted by atomic mass is 79.9. The minimum absolute atomic E-state index is 0.237. The van der Waals surface area contributed by atoms with Crippen molar-refractivity contribution >= 4 is 15.9 Å². The van der Waals surface area contributed by atoms with Gasteiger partial charge in [0, 0.05) is 10.5 Å². The van der Waals surface area contributed by atoms with Crippen LogP contribution in [0.1, 0.15) is 12.0 Å². The van der Waals surface area contributed by atoms with Crippen molar-refractivity contribution in [3.63, 3.8) is 0 Å². The van der Waals surface area contributed by atoms with Crippen molar-refractivity contribution < 1.29 is 4.74 Å².